The van der Waals surface area contributed by atoms with Crippen LogP contribution in [0.4, 0.5) is 32.0 Å². The molecule has 2 atom stereocenters. The van der Waals surface area contributed by atoms with Gasteiger partial charge < -0.3 is 10.0 Å². The highest BCUT2D eigenvalue weighted by Crippen LogP contribution is 2.52. The fourth-order valence-corrected chi connectivity index (χ4v) is 5.44. The Kier molecular flexibility index (Phi) is 6.87. The summed E-state index contributed by atoms with van der Waals surface area (Å²) in [5.41, 5.74) is -4.72. The molecule has 3 nitrogen and oxygen atoms in total. The first-order valence-electron chi connectivity index (χ1n) is 10.9. The molecule has 36 heavy (non-hydrogen) atoms. The number of carbonyl (C=O) groups excluding carboxylic acids is 1. The number of carbonyl (C=O) groups is 1. The van der Waals surface area contributed by atoms with Crippen molar-refractivity contribution in [1.29, 1.82) is 0 Å². The second-order valence-electron chi connectivity index (χ2n) is 8.47. The van der Waals surface area contributed by atoms with Crippen LogP contribution >= 0.6 is 11.8 Å². The molecule has 0 spiro atoms. The summed E-state index contributed by atoms with van der Waals surface area (Å²) in [7, 11) is 0. The number of thioether (sulfide) groups is 1. The molecule has 1 heterocycles. The van der Waals surface area contributed by atoms with Gasteiger partial charge in [-0.15, -0.1) is 11.8 Å². The van der Waals surface area contributed by atoms with Crippen molar-refractivity contribution in [1.82, 2.24) is 0 Å². The number of hydrogen-bond acceptors (Lipinski definition) is 3. The van der Waals surface area contributed by atoms with Crippen LogP contribution in [-0.4, -0.2) is 29.1 Å². The van der Waals surface area contributed by atoms with Crippen molar-refractivity contribution < 1.29 is 36.2 Å². The van der Waals surface area contributed by atoms with Crippen molar-refractivity contribution >= 4 is 23.4 Å². The first-order chi connectivity index (χ1) is 16.9. The van der Waals surface area contributed by atoms with E-state index in [0.29, 0.717) is 17.7 Å². The van der Waals surface area contributed by atoms with Crippen LogP contribution in [-0.2, 0) is 10.4 Å². The Balaban J connectivity index is 1.83. The monoisotopic (exact) mass is 525 g/mol. The van der Waals surface area contributed by atoms with Gasteiger partial charge >= 0.3 is 12.4 Å². The van der Waals surface area contributed by atoms with Gasteiger partial charge in [0.1, 0.15) is 0 Å². The minimum atomic E-state index is -6.00. The van der Waals surface area contributed by atoms with E-state index in [1.54, 1.807) is 55.5 Å². The molecule has 4 rings (SSSR count). The zero-order valence-corrected chi connectivity index (χ0v) is 19.7. The summed E-state index contributed by atoms with van der Waals surface area (Å²) in [5.74, 6) is -0.786. The van der Waals surface area contributed by atoms with Gasteiger partial charge in [-0.2, -0.15) is 26.3 Å². The number of rotatable bonds is 4. The van der Waals surface area contributed by atoms with Gasteiger partial charge in [-0.3, -0.25) is 4.79 Å². The lowest BCUT2D eigenvalue weighted by Gasteiger charge is -2.40. The molecule has 0 aliphatic carbocycles. The van der Waals surface area contributed by atoms with Gasteiger partial charge in [0.25, 0.3) is 5.60 Å². The number of amides is 1. The summed E-state index contributed by atoms with van der Waals surface area (Å²) >= 11 is 1.03. The highest BCUT2D eigenvalue weighted by molar-refractivity contribution is 7.99. The van der Waals surface area contributed by atoms with E-state index in [2.05, 4.69) is 0 Å². The van der Waals surface area contributed by atoms with E-state index in [-0.39, 0.29) is 22.2 Å². The SMILES string of the molecule is CC(C(=O)N1c2ccc(C(O)(C(F)(F)F)C(F)(F)F)cc2SCC1c1ccccc1)c1ccccc1. The largest absolute Gasteiger partial charge is 0.430 e. The van der Waals surface area contributed by atoms with Crippen LogP contribution in [0, 0.1) is 0 Å². The third kappa shape index (κ3) is 4.48. The van der Waals surface area contributed by atoms with E-state index in [1.165, 1.54) is 4.90 Å². The number of aliphatic hydroxyl groups is 1. The van der Waals surface area contributed by atoms with Gasteiger partial charge in [0.2, 0.25) is 5.91 Å². The van der Waals surface area contributed by atoms with Crippen LogP contribution in [0.2, 0.25) is 0 Å². The van der Waals surface area contributed by atoms with E-state index in [9.17, 15) is 36.2 Å². The van der Waals surface area contributed by atoms with Crippen LogP contribution < -0.4 is 4.90 Å². The van der Waals surface area contributed by atoms with Gasteiger partial charge in [-0.1, -0.05) is 66.7 Å². The number of alkyl halides is 6. The summed E-state index contributed by atoms with van der Waals surface area (Å²) in [6.45, 7) is 1.70. The first-order valence-corrected chi connectivity index (χ1v) is 11.9. The molecule has 0 aromatic heterocycles. The van der Waals surface area contributed by atoms with Crippen molar-refractivity contribution in [3.05, 3.63) is 95.6 Å². The summed E-state index contributed by atoms with van der Waals surface area (Å²) in [6, 6.07) is 19.7. The van der Waals surface area contributed by atoms with E-state index in [4.69, 9.17) is 0 Å². The Morgan fingerprint density at radius 3 is 2.03 bits per heavy atom. The maximum Gasteiger partial charge on any atom is 0.430 e. The molecule has 0 saturated carbocycles. The van der Waals surface area contributed by atoms with Crippen LogP contribution in [0.5, 0.6) is 0 Å². The Labute approximate surface area is 207 Å². The number of benzene rings is 3. The second kappa shape index (κ2) is 9.48. The molecular formula is C26H21F6NO2S. The molecule has 2 unspecified atom stereocenters. The summed E-state index contributed by atoms with van der Waals surface area (Å²) < 4.78 is 80.8. The molecule has 3 aromatic rings. The smallest absolute Gasteiger partial charge is 0.369 e. The van der Waals surface area contributed by atoms with Crippen molar-refractivity contribution in [3.8, 4) is 0 Å². The Bertz CT molecular complexity index is 1220. The molecule has 1 aliphatic rings. The van der Waals surface area contributed by atoms with E-state index in [1.807, 2.05) is 12.1 Å². The van der Waals surface area contributed by atoms with Gasteiger partial charge in [0.15, 0.2) is 0 Å². The zero-order valence-electron chi connectivity index (χ0n) is 18.8. The Hall–Kier alpha value is -2.98. The van der Waals surface area contributed by atoms with Gasteiger partial charge in [-0.25, -0.2) is 0 Å². The maximum atomic E-state index is 13.8. The minimum Gasteiger partial charge on any atom is -0.369 e. The number of nitrogens with zero attached hydrogens (tertiary/aromatic N) is 1. The van der Waals surface area contributed by atoms with E-state index in [0.717, 1.165) is 23.4 Å². The van der Waals surface area contributed by atoms with Gasteiger partial charge in [0.05, 0.1) is 17.6 Å². The number of hydrogen-bond donors (Lipinski definition) is 1. The standard InChI is InChI=1S/C26H21F6NO2S/c1-16(17-8-4-2-5-9-17)23(34)33-20-13-12-19(24(35,25(27,28)29)26(30,31)32)14-22(20)36-15-21(33)18-10-6-3-7-11-18/h2-14,16,21,35H,15H2,1H3. The summed E-state index contributed by atoms with van der Waals surface area (Å²) in [4.78, 5) is 15.2. The zero-order chi connectivity index (χ0) is 26.3. The summed E-state index contributed by atoms with van der Waals surface area (Å²) in [6.07, 6.45) is -12.0. The molecule has 0 fully saturated rings. The van der Waals surface area contributed by atoms with Crippen LogP contribution in [0.25, 0.3) is 0 Å². The van der Waals surface area contributed by atoms with Gasteiger partial charge in [0, 0.05) is 16.2 Å². The normalized spacial score (nSPS) is 17.4. The molecule has 3 aromatic carbocycles. The third-order valence-electron chi connectivity index (χ3n) is 6.26. The Morgan fingerprint density at radius 2 is 1.47 bits per heavy atom. The van der Waals surface area contributed by atoms with E-state index >= 15 is 0 Å². The third-order valence-corrected chi connectivity index (χ3v) is 7.38. The molecule has 0 radical (unpaired) electrons. The van der Waals surface area contributed by atoms with E-state index < -0.39 is 35.5 Å². The van der Waals surface area contributed by atoms with Crippen molar-refractivity contribution in [3.63, 3.8) is 0 Å². The fourth-order valence-electron chi connectivity index (χ4n) is 4.24. The van der Waals surface area contributed by atoms with Crippen LogP contribution in [0.3, 0.4) is 0 Å². The molecule has 190 valence electrons. The van der Waals surface area contributed by atoms with Crippen molar-refractivity contribution in [2.75, 3.05) is 10.7 Å². The number of anilines is 1. The van der Waals surface area contributed by atoms with Crippen molar-refractivity contribution in [2.24, 2.45) is 0 Å². The summed E-state index contributed by atoms with van der Waals surface area (Å²) in [5, 5.41) is 9.86. The maximum absolute atomic E-state index is 13.8. The average Bonchev–Trinajstić information content (AvgIpc) is 2.86. The lowest BCUT2D eigenvalue weighted by atomic mass is 9.91. The molecule has 1 N–H and O–H groups in total. The molecular weight excluding hydrogens is 504 g/mol. The molecule has 1 amide bonds. The second-order valence-corrected chi connectivity index (χ2v) is 9.53. The molecule has 1 aliphatic heterocycles. The molecule has 10 heteroatoms. The average molecular weight is 526 g/mol. The Morgan fingerprint density at radius 1 is 0.917 bits per heavy atom. The lowest BCUT2D eigenvalue weighted by Crippen LogP contribution is -2.54. The minimum absolute atomic E-state index is 0.0419. The fraction of sp³-hybridized carbons (Fsp3) is 0.269. The quantitative estimate of drug-likeness (QED) is 0.374. The topological polar surface area (TPSA) is 40.5 Å². The predicted molar refractivity (Wildman–Crippen MR) is 125 cm³/mol. The number of halogens is 6. The van der Waals surface area contributed by atoms with Crippen LogP contribution in [0.1, 0.15) is 35.6 Å². The number of fused-ring (bicyclic) bond motifs is 1. The predicted octanol–water partition coefficient (Wildman–Crippen LogP) is 6.98. The first kappa shape index (κ1) is 26.1. The molecule has 0 saturated heterocycles. The van der Waals surface area contributed by atoms with Crippen molar-refractivity contribution in [2.45, 2.75) is 41.7 Å². The highest BCUT2D eigenvalue weighted by atomic mass is 32.2. The van der Waals surface area contributed by atoms with Crippen LogP contribution in [0.15, 0.2) is 83.8 Å². The lowest BCUT2D eigenvalue weighted by molar-refractivity contribution is -0.376. The molecule has 0 bridgehead atoms. The highest BCUT2D eigenvalue weighted by Gasteiger charge is 2.71. The van der Waals surface area contributed by atoms with Gasteiger partial charge in [-0.05, 0) is 30.2 Å².